The number of alkyl halides is 3. The number of ether oxygens (including phenoxy) is 1. The minimum atomic E-state index is -4.35. The number of carbonyl (C=O) groups is 1. The largest absolute Gasteiger partial charge is 0.416 e. The zero-order valence-electron chi connectivity index (χ0n) is 18.5. The van der Waals surface area contributed by atoms with Crippen molar-refractivity contribution >= 4 is 34.6 Å². The number of fused-ring (bicyclic) bond motifs is 1. The predicted molar refractivity (Wildman–Crippen MR) is 127 cm³/mol. The molecule has 11 heteroatoms. The summed E-state index contributed by atoms with van der Waals surface area (Å²) in [5, 5.41) is 3.98. The first kappa shape index (κ1) is 24.0. The van der Waals surface area contributed by atoms with Crippen molar-refractivity contribution in [3.63, 3.8) is 0 Å². The van der Waals surface area contributed by atoms with Crippen LogP contribution in [0.1, 0.15) is 5.56 Å². The van der Waals surface area contributed by atoms with Crippen molar-refractivity contribution in [3.8, 4) is 11.3 Å². The summed E-state index contributed by atoms with van der Waals surface area (Å²) in [6.07, 6.45) is -0.545. The van der Waals surface area contributed by atoms with E-state index in [9.17, 15) is 13.2 Å². The van der Waals surface area contributed by atoms with E-state index in [4.69, 9.17) is 9.53 Å². The number of primary amides is 1. The van der Waals surface area contributed by atoms with Gasteiger partial charge in [0.1, 0.15) is 11.5 Å². The number of hydrogen-bond donors (Lipinski definition) is 3. The SMILES string of the molecule is FC(F)(F)c1ccc(Nc2c[nH]c3nc(-c4ccc(N5CCOCC5)nc4)ccc23)cc1.NC=O. The van der Waals surface area contributed by atoms with Gasteiger partial charge in [-0.15, -0.1) is 0 Å². The van der Waals surface area contributed by atoms with Crippen molar-refractivity contribution in [1.29, 1.82) is 0 Å². The first-order valence-electron chi connectivity index (χ1n) is 10.8. The Morgan fingerprint density at radius 2 is 1.77 bits per heavy atom. The van der Waals surface area contributed by atoms with Crippen LogP contribution in [0.3, 0.4) is 0 Å². The van der Waals surface area contributed by atoms with E-state index < -0.39 is 11.7 Å². The number of pyridine rings is 2. The van der Waals surface area contributed by atoms with E-state index in [1.54, 1.807) is 6.20 Å². The summed E-state index contributed by atoms with van der Waals surface area (Å²) in [4.78, 5) is 23.1. The van der Waals surface area contributed by atoms with Gasteiger partial charge in [0.15, 0.2) is 0 Å². The summed E-state index contributed by atoms with van der Waals surface area (Å²) in [6.45, 7) is 3.07. The lowest BCUT2D eigenvalue weighted by atomic mass is 10.1. The molecule has 0 spiro atoms. The third kappa shape index (κ3) is 5.69. The van der Waals surface area contributed by atoms with Crippen LogP contribution in [0.4, 0.5) is 30.4 Å². The number of aromatic nitrogens is 3. The molecule has 1 aliphatic rings. The first-order chi connectivity index (χ1) is 16.9. The Kier molecular flexibility index (Phi) is 7.16. The van der Waals surface area contributed by atoms with E-state index >= 15 is 0 Å². The lowest BCUT2D eigenvalue weighted by Gasteiger charge is -2.27. The van der Waals surface area contributed by atoms with Gasteiger partial charge in [0.25, 0.3) is 0 Å². The molecule has 4 aromatic rings. The smallest absolute Gasteiger partial charge is 0.378 e. The Hall–Kier alpha value is -4.12. The molecule has 35 heavy (non-hydrogen) atoms. The standard InChI is InChI=1S/C23H20F3N5O.CH3NO/c24-23(25,26)16-2-4-17(5-3-16)29-20-14-28-22-18(20)6-7-19(30-22)15-1-8-21(27-13-15)31-9-11-32-12-10-31;2-1-3/h1-8,13-14,29H,9-12H2,(H,28,30);1H,(H2,2,3). The van der Waals surface area contributed by atoms with Crippen LogP contribution in [-0.2, 0) is 15.7 Å². The van der Waals surface area contributed by atoms with Crippen molar-refractivity contribution < 1.29 is 22.7 Å². The van der Waals surface area contributed by atoms with Crippen LogP contribution in [0.5, 0.6) is 0 Å². The average Bonchev–Trinajstić information content (AvgIpc) is 3.27. The van der Waals surface area contributed by atoms with E-state index in [1.807, 2.05) is 30.5 Å². The molecule has 0 radical (unpaired) electrons. The highest BCUT2D eigenvalue weighted by molar-refractivity contribution is 5.93. The number of carbonyl (C=O) groups excluding carboxylic acids is 1. The molecule has 182 valence electrons. The van der Waals surface area contributed by atoms with Gasteiger partial charge in [0, 0.05) is 42.1 Å². The molecule has 1 fully saturated rings. The molecule has 5 rings (SSSR count). The van der Waals surface area contributed by atoms with Crippen LogP contribution in [-0.4, -0.2) is 47.7 Å². The lowest BCUT2D eigenvalue weighted by molar-refractivity contribution is -0.137. The van der Waals surface area contributed by atoms with Gasteiger partial charge in [-0.05, 0) is 48.5 Å². The molecule has 0 aliphatic carbocycles. The molecule has 1 saturated heterocycles. The topological polar surface area (TPSA) is 109 Å². The fraction of sp³-hybridized carbons (Fsp3) is 0.208. The van der Waals surface area contributed by atoms with Gasteiger partial charge < -0.3 is 25.7 Å². The van der Waals surface area contributed by atoms with Crippen molar-refractivity contribution in [2.24, 2.45) is 5.73 Å². The highest BCUT2D eigenvalue weighted by Crippen LogP contribution is 2.32. The predicted octanol–water partition coefficient (Wildman–Crippen LogP) is 4.33. The summed E-state index contributed by atoms with van der Waals surface area (Å²) in [7, 11) is 0. The number of nitrogens with zero attached hydrogens (tertiary/aromatic N) is 3. The Bertz CT molecular complexity index is 1270. The van der Waals surface area contributed by atoms with Crippen molar-refractivity contribution in [2.75, 3.05) is 36.5 Å². The fourth-order valence-corrected chi connectivity index (χ4v) is 3.68. The number of halogens is 3. The molecular weight excluding hydrogens is 461 g/mol. The monoisotopic (exact) mass is 484 g/mol. The van der Waals surface area contributed by atoms with Gasteiger partial charge in [-0.2, -0.15) is 13.2 Å². The van der Waals surface area contributed by atoms with Crippen LogP contribution in [0.15, 0.2) is 60.9 Å². The van der Waals surface area contributed by atoms with Gasteiger partial charge in [-0.25, -0.2) is 9.97 Å². The van der Waals surface area contributed by atoms with Crippen molar-refractivity contribution in [2.45, 2.75) is 6.18 Å². The summed E-state index contributed by atoms with van der Waals surface area (Å²) in [5.41, 5.74) is 7.14. The Morgan fingerprint density at radius 3 is 2.40 bits per heavy atom. The number of amides is 1. The molecule has 0 bridgehead atoms. The maximum absolute atomic E-state index is 12.8. The van der Waals surface area contributed by atoms with Crippen LogP contribution in [0.2, 0.25) is 0 Å². The molecule has 1 amide bonds. The summed E-state index contributed by atoms with van der Waals surface area (Å²) >= 11 is 0. The maximum Gasteiger partial charge on any atom is 0.416 e. The number of anilines is 3. The van der Waals surface area contributed by atoms with E-state index in [1.165, 1.54) is 12.1 Å². The van der Waals surface area contributed by atoms with Gasteiger partial charge in [0.2, 0.25) is 6.41 Å². The third-order valence-electron chi connectivity index (χ3n) is 5.41. The lowest BCUT2D eigenvalue weighted by Crippen LogP contribution is -2.36. The third-order valence-corrected chi connectivity index (χ3v) is 5.41. The zero-order valence-corrected chi connectivity index (χ0v) is 18.5. The molecular formula is C24H23F3N6O2. The number of hydrogen-bond acceptors (Lipinski definition) is 6. The Labute approximate surface area is 198 Å². The number of aromatic amines is 1. The van der Waals surface area contributed by atoms with Crippen LogP contribution < -0.4 is 16.0 Å². The van der Waals surface area contributed by atoms with E-state index in [2.05, 4.69) is 30.9 Å². The second-order valence-electron chi connectivity index (χ2n) is 7.64. The highest BCUT2D eigenvalue weighted by Gasteiger charge is 2.30. The molecule has 8 nitrogen and oxygen atoms in total. The molecule has 4 N–H and O–H groups in total. The van der Waals surface area contributed by atoms with Crippen molar-refractivity contribution in [1.82, 2.24) is 15.0 Å². The second kappa shape index (κ2) is 10.4. The van der Waals surface area contributed by atoms with E-state index in [0.29, 0.717) is 24.5 Å². The quantitative estimate of drug-likeness (QED) is 0.372. The van der Waals surface area contributed by atoms with Crippen molar-refractivity contribution in [3.05, 3.63) is 66.5 Å². The zero-order chi connectivity index (χ0) is 24.8. The summed E-state index contributed by atoms with van der Waals surface area (Å²) in [5.74, 6) is 0.918. The van der Waals surface area contributed by atoms with Crippen LogP contribution in [0.25, 0.3) is 22.3 Å². The number of morpholine rings is 1. The number of nitrogens with two attached hydrogens (primary N) is 1. The number of benzene rings is 1. The van der Waals surface area contributed by atoms with Crippen LogP contribution >= 0.6 is 0 Å². The second-order valence-corrected chi connectivity index (χ2v) is 7.64. The van der Waals surface area contributed by atoms with E-state index in [0.717, 1.165) is 53.4 Å². The molecule has 3 aromatic heterocycles. The molecule has 0 unspecified atom stereocenters. The Balaban J connectivity index is 0.000000917. The average molecular weight is 484 g/mol. The molecule has 1 aliphatic heterocycles. The van der Waals surface area contributed by atoms with E-state index in [-0.39, 0.29) is 6.41 Å². The molecule has 0 saturated carbocycles. The Morgan fingerprint density at radius 1 is 1.06 bits per heavy atom. The molecule has 4 heterocycles. The van der Waals surface area contributed by atoms with Gasteiger partial charge in [-0.1, -0.05) is 0 Å². The highest BCUT2D eigenvalue weighted by atomic mass is 19.4. The normalized spacial score (nSPS) is 13.7. The van der Waals surface area contributed by atoms with Gasteiger partial charge >= 0.3 is 6.18 Å². The number of H-pyrrole nitrogens is 1. The van der Waals surface area contributed by atoms with Crippen LogP contribution in [0, 0.1) is 0 Å². The van der Waals surface area contributed by atoms with Gasteiger partial charge in [-0.3, -0.25) is 4.79 Å². The number of nitrogens with one attached hydrogen (secondary N) is 2. The summed E-state index contributed by atoms with van der Waals surface area (Å²) < 4.78 is 43.6. The molecule has 1 aromatic carbocycles. The first-order valence-corrected chi connectivity index (χ1v) is 10.8. The minimum absolute atomic E-state index is 0.250. The summed E-state index contributed by atoms with van der Waals surface area (Å²) in [6, 6.07) is 12.7. The minimum Gasteiger partial charge on any atom is -0.378 e. The maximum atomic E-state index is 12.8. The number of rotatable bonds is 4. The van der Waals surface area contributed by atoms with Gasteiger partial charge in [0.05, 0.1) is 30.2 Å². The fourth-order valence-electron chi connectivity index (χ4n) is 3.68. The molecule has 0 atom stereocenters.